The molecule has 0 bridgehead atoms. The SMILES string of the molecule is COc1ccccc1N1CCN(C(=O)c2ccc(NS(=O)(=O)c3cccc4cccnc34)c(Cl)c2)CC1. The Hall–Kier alpha value is -3.82. The predicted molar refractivity (Wildman–Crippen MR) is 145 cm³/mol. The monoisotopic (exact) mass is 536 g/mol. The van der Waals surface area contributed by atoms with E-state index in [0.717, 1.165) is 11.4 Å². The summed E-state index contributed by atoms with van der Waals surface area (Å²) in [5.74, 6) is 0.639. The molecule has 1 aliphatic rings. The molecule has 5 rings (SSSR count). The predicted octanol–water partition coefficient (Wildman–Crippen LogP) is 4.66. The number of sulfonamides is 1. The molecular weight excluding hydrogens is 512 g/mol. The fourth-order valence-corrected chi connectivity index (χ4v) is 5.99. The van der Waals surface area contributed by atoms with Gasteiger partial charge in [-0.15, -0.1) is 0 Å². The summed E-state index contributed by atoms with van der Waals surface area (Å²) in [7, 11) is -2.32. The van der Waals surface area contributed by atoms with Gasteiger partial charge in [0.1, 0.15) is 10.6 Å². The number of piperazine rings is 1. The Bertz CT molecular complexity index is 1560. The topological polar surface area (TPSA) is 91.8 Å². The number of aromatic nitrogens is 1. The highest BCUT2D eigenvalue weighted by atomic mass is 35.5. The third-order valence-corrected chi connectivity index (χ3v) is 8.05. The van der Waals surface area contributed by atoms with Crippen molar-refractivity contribution in [2.45, 2.75) is 4.90 Å². The molecular formula is C27H25ClN4O4S. The Morgan fingerprint density at radius 3 is 2.49 bits per heavy atom. The number of halogens is 1. The summed E-state index contributed by atoms with van der Waals surface area (Å²) in [6.45, 7) is 2.40. The summed E-state index contributed by atoms with van der Waals surface area (Å²) in [6.07, 6.45) is 1.55. The molecule has 8 nitrogen and oxygen atoms in total. The van der Waals surface area contributed by atoms with E-state index in [2.05, 4.69) is 14.6 Å². The van der Waals surface area contributed by atoms with E-state index in [1.54, 1.807) is 48.5 Å². The van der Waals surface area contributed by atoms with E-state index < -0.39 is 10.0 Å². The van der Waals surface area contributed by atoms with Crippen molar-refractivity contribution in [1.82, 2.24) is 9.88 Å². The zero-order valence-electron chi connectivity index (χ0n) is 20.1. The lowest BCUT2D eigenvalue weighted by Crippen LogP contribution is -2.48. The first-order valence-electron chi connectivity index (χ1n) is 11.7. The summed E-state index contributed by atoms with van der Waals surface area (Å²) < 4.78 is 34.3. The highest BCUT2D eigenvalue weighted by Crippen LogP contribution is 2.30. The van der Waals surface area contributed by atoms with Gasteiger partial charge in [-0.3, -0.25) is 14.5 Å². The minimum atomic E-state index is -3.96. The maximum absolute atomic E-state index is 13.2. The van der Waals surface area contributed by atoms with Crippen LogP contribution in [0.3, 0.4) is 0 Å². The molecule has 37 heavy (non-hydrogen) atoms. The van der Waals surface area contributed by atoms with Gasteiger partial charge in [-0.25, -0.2) is 8.42 Å². The van der Waals surface area contributed by atoms with Crippen molar-refractivity contribution in [3.05, 3.63) is 89.6 Å². The van der Waals surface area contributed by atoms with E-state index in [4.69, 9.17) is 16.3 Å². The average molecular weight is 537 g/mol. The number of methoxy groups -OCH3 is 1. The maximum Gasteiger partial charge on any atom is 0.264 e. The number of para-hydroxylation sites is 3. The number of benzene rings is 3. The molecule has 0 atom stereocenters. The number of ether oxygens (including phenoxy) is 1. The number of fused-ring (bicyclic) bond motifs is 1. The van der Waals surface area contributed by atoms with Crippen LogP contribution in [-0.4, -0.2) is 57.5 Å². The minimum Gasteiger partial charge on any atom is -0.495 e. The summed E-state index contributed by atoms with van der Waals surface area (Å²) in [6, 6.07) is 20.9. The highest BCUT2D eigenvalue weighted by Gasteiger charge is 2.25. The van der Waals surface area contributed by atoms with Crippen molar-refractivity contribution in [3.63, 3.8) is 0 Å². The summed E-state index contributed by atoms with van der Waals surface area (Å²) in [5.41, 5.74) is 1.95. The molecule has 0 aliphatic carbocycles. The number of carbonyl (C=O) groups is 1. The van der Waals surface area contributed by atoms with Gasteiger partial charge < -0.3 is 14.5 Å². The number of carbonyl (C=O) groups excluding carboxylic acids is 1. The number of pyridine rings is 1. The third-order valence-electron chi connectivity index (χ3n) is 6.34. The Morgan fingerprint density at radius 2 is 1.73 bits per heavy atom. The fraction of sp³-hybridized carbons (Fsp3) is 0.185. The summed E-state index contributed by atoms with van der Waals surface area (Å²) >= 11 is 6.43. The van der Waals surface area contributed by atoms with Crippen LogP contribution in [0, 0.1) is 0 Å². The zero-order valence-corrected chi connectivity index (χ0v) is 21.7. The molecule has 10 heteroatoms. The largest absolute Gasteiger partial charge is 0.495 e. The van der Waals surface area contributed by atoms with Gasteiger partial charge in [0.25, 0.3) is 15.9 Å². The van der Waals surface area contributed by atoms with E-state index in [0.29, 0.717) is 42.6 Å². The molecule has 4 aromatic rings. The molecule has 190 valence electrons. The first kappa shape index (κ1) is 24.9. The third kappa shape index (κ3) is 5.05. The van der Waals surface area contributed by atoms with Crippen LogP contribution in [-0.2, 0) is 10.0 Å². The molecule has 1 amide bonds. The van der Waals surface area contributed by atoms with Crippen molar-refractivity contribution in [2.24, 2.45) is 0 Å². The molecule has 3 aromatic carbocycles. The first-order valence-corrected chi connectivity index (χ1v) is 13.6. The van der Waals surface area contributed by atoms with Crippen LogP contribution in [0.2, 0.25) is 5.02 Å². The zero-order chi connectivity index (χ0) is 26.0. The normalized spacial score (nSPS) is 14.0. The van der Waals surface area contributed by atoms with Crippen LogP contribution in [0.25, 0.3) is 10.9 Å². The van der Waals surface area contributed by atoms with Crippen LogP contribution in [0.15, 0.2) is 83.9 Å². The Balaban J connectivity index is 1.29. The van der Waals surface area contributed by atoms with Crippen LogP contribution < -0.4 is 14.4 Å². The van der Waals surface area contributed by atoms with Crippen molar-refractivity contribution >= 4 is 49.8 Å². The number of hydrogen-bond acceptors (Lipinski definition) is 6. The van der Waals surface area contributed by atoms with E-state index in [-0.39, 0.29) is 21.5 Å². The van der Waals surface area contributed by atoms with Gasteiger partial charge in [0, 0.05) is 43.3 Å². The second kappa shape index (κ2) is 10.3. The molecule has 0 radical (unpaired) electrons. The highest BCUT2D eigenvalue weighted by molar-refractivity contribution is 7.93. The molecule has 1 saturated heterocycles. The number of nitrogens with zero attached hydrogens (tertiary/aromatic N) is 3. The number of amides is 1. The Kier molecular flexibility index (Phi) is 6.90. The number of hydrogen-bond donors (Lipinski definition) is 1. The van der Waals surface area contributed by atoms with Crippen molar-refractivity contribution in [1.29, 1.82) is 0 Å². The number of anilines is 2. The van der Waals surface area contributed by atoms with Gasteiger partial charge >= 0.3 is 0 Å². The van der Waals surface area contributed by atoms with Crippen LogP contribution >= 0.6 is 11.6 Å². The lowest BCUT2D eigenvalue weighted by molar-refractivity contribution is 0.0746. The fourth-order valence-electron chi connectivity index (χ4n) is 4.45. The number of rotatable bonds is 6. The Morgan fingerprint density at radius 1 is 0.973 bits per heavy atom. The molecule has 0 saturated carbocycles. The van der Waals surface area contributed by atoms with E-state index >= 15 is 0 Å². The van der Waals surface area contributed by atoms with Crippen molar-refractivity contribution in [2.75, 3.05) is 42.9 Å². The molecule has 2 heterocycles. The van der Waals surface area contributed by atoms with Crippen molar-refractivity contribution < 1.29 is 17.9 Å². The lowest BCUT2D eigenvalue weighted by atomic mass is 10.1. The number of nitrogens with one attached hydrogen (secondary N) is 1. The van der Waals surface area contributed by atoms with E-state index in [1.165, 1.54) is 18.2 Å². The Labute approximate surface area is 220 Å². The van der Waals surface area contributed by atoms with E-state index in [9.17, 15) is 13.2 Å². The molecule has 1 aliphatic heterocycles. The van der Waals surface area contributed by atoms with Gasteiger partial charge in [-0.2, -0.15) is 0 Å². The molecule has 0 unspecified atom stereocenters. The average Bonchev–Trinajstić information content (AvgIpc) is 2.93. The maximum atomic E-state index is 13.2. The van der Waals surface area contributed by atoms with Gasteiger partial charge in [-0.05, 0) is 42.5 Å². The van der Waals surface area contributed by atoms with Crippen LogP contribution in [0.1, 0.15) is 10.4 Å². The van der Waals surface area contributed by atoms with Gasteiger partial charge in [0.2, 0.25) is 0 Å². The molecule has 1 fully saturated rings. The van der Waals surface area contributed by atoms with Crippen LogP contribution in [0.5, 0.6) is 5.75 Å². The molecule has 0 spiro atoms. The lowest BCUT2D eigenvalue weighted by Gasteiger charge is -2.36. The smallest absolute Gasteiger partial charge is 0.264 e. The van der Waals surface area contributed by atoms with Gasteiger partial charge in [0.05, 0.1) is 29.0 Å². The molecule has 1 aromatic heterocycles. The molecule has 1 N–H and O–H groups in total. The second-order valence-electron chi connectivity index (χ2n) is 8.58. The minimum absolute atomic E-state index is 0.0507. The quantitative estimate of drug-likeness (QED) is 0.385. The van der Waals surface area contributed by atoms with Crippen LogP contribution in [0.4, 0.5) is 11.4 Å². The second-order valence-corrected chi connectivity index (χ2v) is 10.6. The van der Waals surface area contributed by atoms with Crippen molar-refractivity contribution in [3.8, 4) is 5.75 Å². The van der Waals surface area contributed by atoms with E-state index in [1.807, 2.05) is 24.3 Å². The first-order chi connectivity index (χ1) is 17.9. The summed E-state index contributed by atoms with van der Waals surface area (Å²) in [5, 5.41) is 0.846. The van der Waals surface area contributed by atoms with Gasteiger partial charge in [-0.1, -0.05) is 41.9 Å². The van der Waals surface area contributed by atoms with Gasteiger partial charge in [0.15, 0.2) is 0 Å². The summed E-state index contributed by atoms with van der Waals surface area (Å²) in [4.78, 5) is 21.4. The standard InChI is InChI=1S/C27H25ClN4O4S/c1-36-24-9-3-2-8-23(24)31-14-16-32(17-15-31)27(33)20-11-12-22(21(28)18-20)30-37(34,35)25-10-4-6-19-7-5-13-29-26(19)25/h2-13,18,30H,14-17H2,1H3.